The first-order valence-electron chi connectivity index (χ1n) is 10.6. The average Bonchev–Trinajstić information content (AvgIpc) is 3.20. The summed E-state index contributed by atoms with van der Waals surface area (Å²) in [4.78, 5) is 9.38. The van der Waals surface area contributed by atoms with E-state index in [-0.39, 0.29) is 0 Å². The molecule has 4 heteroatoms. The van der Waals surface area contributed by atoms with Gasteiger partial charge in [-0.2, -0.15) is 0 Å². The molecule has 2 aromatic carbocycles. The molecule has 0 amide bonds. The van der Waals surface area contributed by atoms with Crippen molar-refractivity contribution >= 4 is 11.0 Å². The SMILES string of the molecule is c1ccc(-c2cn(-c3ccccc3)c3ncnc(CNC4CCCCC4)c23)cc1. The maximum Gasteiger partial charge on any atom is 0.148 e. The standard InChI is InChI=1S/C25H26N4/c1-4-10-19(11-5-1)22-17-29(21-14-8-3-9-15-21)25-24(22)23(27-18-28-25)16-26-20-12-6-2-7-13-20/h1,3-5,8-11,14-15,17-18,20,26H,2,6-7,12-13,16H2. The zero-order valence-corrected chi connectivity index (χ0v) is 16.6. The summed E-state index contributed by atoms with van der Waals surface area (Å²) in [6, 6.07) is 21.6. The van der Waals surface area contributed by atoms with Crippen LogP contribution in [0.5, 0.6) is 0 Å². The molecule has 4 nitrogen and oxygen atoms in total. The predicted molar refractivity (Wildman–Crippen MR) is 118 cm³/mol. The molecular formula is C25H26N4. The van der Waals surface area contributed by atoms with Gasteiger partial charge in [-0.1, -0.05) is 67.8 Å². The van der Waals surface area contributed by atoms with Gasteiger partial charge in [0.15, 0.2) is 0 Å². The number of benzene rings is 2. The van der Waals surface area contributed by atoms with E-state index in [1.54, 1.807) is 6.33 Å². The summed E-state index contributed by atoms with van der Waals surface area (Å²) in [6.45, 7) is 0.780. The molecule has 2 aromatic heterocycles. The van der Waals surface area contributed by atoms with E-state index in [0.29, 0.717) is 6.04 Å². The van der Waals surface area contributed by atoms with Gasteiger partial charge in [0.1, 0.15) is 12.0 Å². The quantitative estimate of drug-likeness (QED) is 0.495. The Morgan fingerprint density at radius 3 is 2.34 bits per heavy atom. The number of para-hydroxylation sites is 1. The number of hydrogen-bond donors (Lipinski definition) is 1. The summed E-state index contributed by atoms with van der Waals surface area (Å²) in [5, 5.41) is 4.90. The molecule has 0 aliphatic heterocycles. The fourth-order valence-corrected chi connectivity index (χ4v) is 4.43. The van der Waals surface area contributed by atoms with Gasteiger partial charge in [0.05, 0.1) is 11.1 Å². The van der Waals surface area contributed by atoms with Crippen molar-refractivity contribution in [2.75, 3.05) is 0 Å². The summed E-state index contributed by atoms with van der Waals surface area (Å²) < 4.78 is 2.18. The number of rotatable bonds is 5. The molecule has 29 heavy (non-hydrogen) atoms. The van der Waals surface area contributed by atoms with Crippen molar-refractivity contribution in [1.82, 2.24) is 19.9 Å². The Hall–Kier alpha value is -2.98. The molecule has 1 aliphatic carbocycles. The summed E-state index contributed by atoms with van der Waals surface area (Å²) in [5.74, 6) is 0. The number of fused-ring (bicyclic) bond motifs is 1. The normalized spacial score (nSPS) is 15.0. The summed E-state index contributed by atoms with van der Waals surface area (Å²) in [6.07, 6.45) is 10.5. The van der Waals surface area contributed by atoms with Crippen molar-refractivity contribution < 1.29 is 0 Å². The molecule has 2 heterocycles. The van der Waals surface area contributed by atoms with E-state index in [4.69, 9.17) is 4.98 Å². The molecule has 146 valence electrons. The van der Waals surface area contributed by atoms with Crippen LogP contribution < -0.4 is 5.32 Å². The highest BCUT2D eigenvalue weighted by atomic mass is 15.1. The van der Waals surface area contributed by atoms with Crippen molar-refractivity contribution in [2.45, 2.75) is 44.7 Å². The van der Waals surface area contributed by atoms with Gasteiger partial charge in [-0.05, 0) is 30.5 Å². The highest BCUT2D eigenvalue weighted by Gasteiger charge is 2.18. The van der Waals surface area contributed by atoms with Crippen LogP contribution in [-0.4, -0.2) is 20.6 Å². The van der Waals surface area contributed by atoms with E-state index < -0.39 is 0 Å². The molecule has 0 bridgehead atoms. The first kappa shape index (κ1) is 18.1. The van der Waals surface area contributed by atoms with Gasteiger partial charge in [0.2, 0.25) is 0 Å². The lowest BCUT2D eigenvalue weighted by molar-refractivity contribution is 0.371. The van der Waals surface area contributed by atoms with Crippen LogP contribution in [0.25, 0.3) is 27.8 Å². The van der Waals surface area contributed by atoms with Crippen molar-refractivity contribution in [3.05, 3.63) is 78.9 Å². The minimum atomic E-state index is 0.602. The lowest BCUT2D eigenvalue weighted by Crippen LogP contribution is -2.30. The Morgan fingerprint density at radius 1 is 0.862 bits per heavy atom. The van der Waals surface area contributed by atoms with E-state index in [9.17, 15) is 0 Å². The zero-order valence-electron chi connectivity index (χ0n) is 16.6. The van der Waals surface area contributed by atoms with Crippen LogP contribution in [0, 0.1) is 0 Å². The predicted octanol–water partition coefficient (Wildman–Crippen LogP) is 5.51. The Morgan fingerprint density at radius 2 is 1.59 bits per heavy atom. The summed E-state index contributed by atoms with van der Waals surface area (Å²) in [7, 11) is 0. The lowest BCUT2D eigenvalue weighted by Gasteiger charge is -2.22. The Balaban J connectivity index is 1.61. The molecule has 1 aliphatic rings. The molecule has 1 N–H and O–H groups in total. The van der Waals surface area contributed by atoms with Gasteiger partial charge < -0.3 is 9.88 Å². The van der Waals surface area contributed by atoms with Gasteiger partial charge in [0, 0.05) is 30.0 Å². The van der Waals surface area contributed by atoms with Crippen LogP contribution in [0.4, 0.5) is 0 Å². The van der Waals surface area contributed by atoms with Gasteiger partial charge >= 0.3 is 0 Å². The molecule has 0 spiro atoms. The van der Waals surface area contributed by atoms with Gasteiger partial charge in [0.25, 0.3) is 0 Å². The monoisotopic (exact) mass is 382 g/mol. The van der Waals surface area contributed by atoms with Gasteiger partial charge in [-0.3, -0.25) is 0 Å². The second-order valence-corrected chi connectivity index (χ2v) is 7.85. The third kappa shape index (κ3) is 3.68. The average molecular weight is 383 g/mol. The molecule has 0 unspecified atom stereocenters. The zero-order chi connectivity index (χ0) is 19.5. The minimum Gasteiger partial charge on any atom is -0.308 e. The summed E-state index contributed by atoms with van der Waals surface area (Å²) in [5.41, 5.74) is 5.54. The Kier molecular flexibility index (Phi) is 5.10. The highest BCUT2D eigenvalue weighted by Crippen LogP contribution is 2.33. The first-order valence-corrected chi connectivity index (χ1v) is 10.6. The van der Waals surface area contributed by atoms with Gasteiger partial charge in [-0.25, -0.2) is 9.97 Å². The van der Waals surface area contributed by atoms with E-state index in [2.05, 4.69) is 75.7 Å². The Labute approximate surface area is 171 Å². The maximum absolute atomic E-state index is 4.70. The second-order valence-electron chi connectivity index (χ2n) is 7.85. The molecule has 0 saturated heterocycles. The van der Waals surface area contributed by atoms with Crippen LogP contribution in [-0.2, 0) is 6.54 Å². The molecule has 1 saturated carbocycles. The second kappa shape index (κ2) is 8.18. The minimum absolute atomic E-state index is 0.602. The van der Waals surface area contributed by atoms with E-state index in [0.717, 1.165) is 29.0 Å². The van der Waals surface area contributed by atoms with Crippen molar-refractivity contribution in [2.24, 2.45) is 0 Å². The van der Waals surface area contributed by atoms with Crippen LogP contribution in [0.15, 0.2) is 73.2 Å². The molecular weight excluding hydrogens is 356 g/mol. The molecule has 0 atom stereocenters. The lowest BCUT2D eigenvalue weighted by atomic mass is 9.95. The smallest absolute Gasteiger partial charge is 0.148 e. The van der Waals surface area contributed by atoms with Crippen molar-refractivity contribution in [3.8, 4) is 16.8 Å². The fourth-order valence-electron chi connectivity index (χ4n) is 4.43. The number of aromatic nitrogens is 3. The number of hydrogen-bond acceptors (Lipinski definition) is 3. The van der Waals surface area contributed by atoms with Crippen LogP contribution in [0.1, 0.15) is 37.8 Å². The summed E-state index contributed by atoms with van der Waals surface area (Å²) >= 11 is 0. The van der Waals surface area contributed by atoms with E-state index >= 15 is 0 Å². The largest absolute Gasteiger partial charge is 0.308 e. The topological polar surface area (TPSA) is 42.7 Å². The first-order chi connectivity index (χ1) is 14.4. The van der Waals surface area contributed by atoms with E-state index in [1.165, 1.54) is 43.2 Å². The third-order valence-electron chi connectivity index (χ3n) is 5.94. The highest BCUT2D eigenvalue weighted by molar-refractivity contribution is 5.96. The molecule has 4 aromatic rings. The van der Waals surface area contributed by atoms with Crippen molar-refractivity contribution in [3.63, 3.8) is 0 Å². The molecule has 5 rings (SSSR count). The van der Waals surface area contributed by atoms with Gasteiger partial charge in [-0.15, -0.1) is 0 Å². The number of nitrogens with zero attached hydrogens (tertiary/aromatic N) is 3. The van der Waals surface area contributed by atoms with Crippen molar-refractivity contribution in [1.29, 1.82) is 0 Å². The van der Waals surface area contributed by atoms with E-state index in [1.807, 2.05) is 6.07 Å². The fraction of sp³-hybridized carbons (Fsp3) is 0.280. The van der Waals surface area contributed by atoms with Crippen LogP contribution in [0.3, 0.4) is 0 Å². The Bertz CT molecular complexity index is 1080. The number of nitrogens with one attached hydrogen (secondary N) is 1. The molecule has 1 fully saturated rings. The van der Waals surface area contributed by atoms with Crippen LogP contribution >= 0.6 is 0 Å². The molecule has 0 radical (unpaired) electrons. The third-order valence-corrected chi connectivity index (χ3v) is 5.94. The van der Waals surface area contributed by atoms with Crippen LogP contribution in [0.2, 0.25) is 0 Å². The maximum atomic E-state index is 4.70.